The molecule has 2 heterocycles. The Balaban J connectivity index is 2.45. The third kappa shape index (κ3) is 2.46. The van der Waals surface area contributed by atoms with Crippen molar-refractivity contribution in [1.82, 2.24) is 9.97 Å². The van der Waals surface area contributed by atoms with Crippen molar-refractivity contribution in [3.8, 4) is 5.88 Å². The minimum absolute atomic E-state index is 0.547. The Bertz CT molecular complexity index is 573. The molecule has 4 nitrogen and oxygen atoms in total. The first-order valence-corrected chi connectivity index (χ1v) is 6.20. The number of aromatic nitrogens is 2. The van der Waals surface area contributed by atoms with Crippen LogP contribution in [-0.4, -0.2) is 23.4 Å². The maximum atomic E-state index is 10.8. The molecule has 0 aliphatic rings. The smallest absolute Gasteiger partial charge is 0.212 e. The lowest BCUT2D eigenvalue weighted by molar-refractivity contribution is -0.104. The van der Waals surface area contributed by atoms with Crippen molar-refractivity contribution in [3.63, 3.8) is 0 Å². The van der Waals surface area contributed by atoms with E-state index in [1.165, 1.54) is 17.4 Å². The van der Waals surface area contributed by atoms with Crippen LogP contribution in [0.15, 0.2) is 29.9 Å². The van der Waals surface area contributed by atoms with Crippen LogP contribution in [0, 0.1) is 6.92 Å². The van der Waals surface area contributed by atoms with Gasteiger partial charge in [-0.1, -0.05) is 0 Å². The monoisotopic (exact) mass is 260 g/mol. The SMILES string of the molecule is COc1ccc(/C(=C\C=O)c2scnc2C)cn1. The first-order valence-electron chi connectivity index (χ1n) is 5.32. The van der Waals surface area contributed by atoms with Gasteiger partial charge in [-0.2, -0.15) is 0 Å². The molecule has 0 saturated carbocycles. The average molecular weight is 260 g/mol. The molecule has 0 spiro atoms. The fourth-order valence-electron chi connectivity index (χ4n) is 1.59. The number of carbonyl (C=O) groups excluding carboxylic acids is 1. The highest BCUT2D eigenvalue weighted by atomic mass is 32.1. The number of rotatable bonds is 4. The van der Waals surface area contributed by atoms with Gasteiger partial charge in [-0.25, -0.2) is 9.97 Å². The van der Waals surface area contributed by atoms with Crippen LogP contribution in [0.1, 0.15) is 16.1 Å². The molecule has 18 heavy (non-hydrogen) atoms. The van der Waals surface area contributed by atoms with Gasteiger partial charge >= 0.3 is 0 Å². The van der Waals surface area contributed by atoms with Crippen LogP contribution < -0.4 is 4.74 Å². The first kappa shape index (κ1) is 12.4. The number of carbonyl (C=O) groups is 1. The van der Waals surface area contributed by atoms with Gasteiger partial charge in [0.05, 0.1) is 23.2 Å². The molecule has 2 aromatic heterocycles. The summed E-state index contributed by atoms with van der Waals surface area (Å²) >= 11 is 1.51. The minimum atomic E-state index is 0.547. The molecule has 0 saturated heterocycles. The van der Waals surface area contributed by atoms with Crippen molar-refractivity contribution in [3.05, 3.63) is 46.1 Å². The summed E-state index contributed by atoms with van der Waals surface area (Å²) in [6.45, 7) is 1.92. The third-order valence-electron chi connectivity index (χ3n) is 2.48. The zero-order chi connectivity index (χ0) is 13.0. The predicted octanol–water partition coefficient (Wildman–Crippen LogP) is 2.49. The van der Waals surface area contributed by atoms with E-state index in [0.29, 0.717) is 5.88 Å². The van der Waals surface area contributed by atoms with Crippen LogP contribution in [0.3, 0.4) is 0 Å². The number of hydrogen-bond donors (Lipinski definition) is 0. The predicted molar refractivity (Wildman–Crippen MR) is 70.8 cm³/mol. The summed E-state index contributed by atoms with van der Waals surface area (Å²) in [5.74, 6) is 0.547. The van der Waals surface area contributed by atoms with Crippen LogP contribution >= 0.6 is 11.3 Å². The Morgan fingerprint density at radius 1 is 1.39 bits per heavy atom. The van der Waals surface area contributed by atoms with Crippen LogP contribution in [0.4, 0.5) is 0 Å². The standard InChI is InChI=1S/C13H12N2O2S/c1-9-13(18-8-15-9)11(5-6-16)10-3-4-12(17-2)14-7-10/h3-8H,1-2H3/b11-5+. The summed E-state index contributed by atoms with van der Waals surface area (Å²) in [5.41, 5.74) is 4.37. The van der Waals surface area contributed by atoms with Crippen LogP contribution in [0.25, 0.3) is 5.57 Å². The Hall–Kier alpha value is -2.01. The van der Waals surface area contributed by atoms with Gasteiger partial charge in [0.1, 0.15) is 6.29 Å². The highest BCUT2D eigenvalue weighted by molar-refractivity contribution is 7.11. The van der Waals surface area contributed by atoms with E-state index in [-0.39, 0.29) is 0 Å². The van der Waals surface area contributed by atoms with Crippen molar-refractivity contribution in [2.45, 2.75) is 6.92 Å². The maximum Gasteiger partial charge on any atom is 0.212 e. The number of ether oxygens (including phenoxy) is 1. The molecule has 2 aromatic rings. The van der Waals surface area contributed by atoms with Crippen molar-refractivity contribution >= 4 is 23.2 Å². The number of methoxy groups -OCH3 is 1. The number of aryl methyl sites for hydroxylation is 1. The van der Waals surface area contributed by atoms with Gasteiger partial charge < -0.3 is 4.74 Å². The molecule has 0 aromatic carbocycles. The number of thiazole rings is 1. The lowest BCUT2D eigenvalue weighted by atomic mass is 10.1. The molecule has 0 bridgehead atoms. The van der Waals surface area contributed by atoms with Crippen molar-refractivity contribution < 1.29 is 9.53 Å². The first-order chi connectivity index (χ1) is 8.76. The average Bonchev–Trinajstić information content (AvgIpc) is 2.82. The lowest BCUT2D eigenvalue weighted by Gasteiger charge is -2.06. The second-order valence-corrected chi connectivity index (χ2v) is 4.43. The van der Waals surface area contributed by atoms with Gasteiger partial charge in [0.2, 0.25) is 5.88 Å². The second kappa shape index (κ2) is 5.55. The van der Waals surface area contributed by atoms with Crippen molar-refractivity contribution in [1.29, 1.82) is 0 Å². The number of nitrogens with zero attached hydrogens (tertiary/aromatic N) is 2. The van der Waals surface area contributed by atoms with Gasteiger partial charge in [-0.05, 0) is 19.1 Å². The number of allylic oxidation sites excluding steroid dienone is 1. The Morgan fingerprint density at radius 3 is 2.72 bits per heavy atom. The summed E-state index contributed by atoms with van der Waals surface area (Å²) in [4.78, 5) is 20.1. The molecule has 5 heteroatoms. The van der Waals surface area contributed by atoms with E-state index >= 15 is 0 Å². The summed E-state index contributed by atoms with van der Waals surface area (Å²) < 4.78 is 5.01. The molecule has 0 amide bonds. The second-order valence-electron chi connectivity index (χ2n) is 3.57. The third-order valence-corrected chi connectivity index (χ3v) is 3.44. The largest absolute Gasteiger partial charge is 0.481 e. The molecule has 0 fully saturated rings. The van der Waals surface area contributed by atoms with Gasteiger partial charge in [-0.3, -0.25) is 4.79 Å². The molecular weight excluding hydrogens is 248 g/mol. The van der Waals surface area contributed by atoms with E-state index in [1.807, 2.05) is 13.0 Å². The zero-order valence-electron chi connectivity index (χ0n) is 10.1. The summed E-state index contributed by atoms with van der Waals surface area (Å²) in [7, 11) is 1.57. The van der Waals surface area contributed by atoms with E-state index in [1.54, 1.807) is 24.9 Å². The molecule has 0 unspecified atom stereocenters. The highest BCUT2D eigenvalue weighted by Gasteiger charge is 2.10. The normalized spacial score (nSPS) is 11.3. The molecule has 0 atom stereocenters. The molecule has 2 rings (SSSR count). The molecular formula is C13H12N2O2S. The number of hydrogen-bond acceptors (Lipinski definition) is 5. The minimum Gasteiger partial charge on any atom is -0.481 e. The van der Waals surface area contributed by atoms with E-state index in [4.69, 9.17) is 4.74 Å². The van der Waals surface area contributed by atoms with Crippen molar-refractivity contribution in [2.75, 3.05) is 7.11 Å². The van der Waals surface area contributed by atoms with Crippen LogP contribution in [-0.2, 0) is 4.79 Å². The molecule has 92 valence electrons. The Labute approximate surface area is 109 Å². The number of pyridine rings is 1. The fourth-order valence-corrected chi connectivity index (χ4v) is 2.44. The van der Waals surface area contributed by atoms with E-state index in [0.717, 1.165) is 28.0 Å². The summed E-state index contributed by atoms with van der Waals surface area (Å²) in [6.07, 6.45) is 4.00. The molecule has 0 aliphatic heterocycles. The molecule has 0 aliphatic carbocycles. The van der Waals surface area contributed by atoms with E-state index in [2.05, 4.69) is 9.97 Å². The maximum absolute atomic E-state index is 10.8. The molecule has 0 radical (unpaired) electrons. The van der Waals surface area contributed by atoms with E-state index in [9.17, 15) is 4.79 Å². The summed E-state index contributed by atoms with van der Waals surface area (Å²) in [5, 5.41) is 0. The Morgan fingerprint density at radius 2 is 2.22 bits per heavy atom. The van der Waals surface area contributed by atoms with Gasteiger partial charge in [0.15, 0.2) is 0 Å². The van der Waals surface area contributed by atoms with Gasteiger partial charge in [0.25, 0.3) is 0 Å². The van der Waals surface area contributed by atoms with E-state index < -0.39 is 0 Å². The summed E-state index contributed by atoms with van der Waals surface area (Å²) in [6, 6.07) is 3.64. The molecule has 0 N–H and O–H groups in total. The highest BCUT2D eigenvalue weighted by Crippen LogP contribution is 2.28. The van der Waals surface area contributed by atoms with Gasteiger partial charge in [0, 0.05) is 23.4 Å². The Kier molecular flexibility index (Phi) is 3.84. The van der Waals surface area contributed by atoms with Crippen LogP contribution in [0.5, 0.6) is 5.88 Å². The topological polar surface area (TPSA) is 52.1 Å². The quantitative estimate of drug-likeness (QED) is 0.626. The zero-order valence-corrected chi connectivity index (χ0v) is 10.9. The van der Waals surface area contributed by atoms with Crippen molar-refractivity contribution in [2.24, 2.45) is 0 Å². The number of aldehydes is 1. The van der Waals surface area contributed by atoms with Gasteiger partial charge in [-0.15, -0.1) is 11.3 Å². The lowest BCUT2D eigenvalue weighted by Crippen LogP contribution is -1.92. The van der Waals surface area contributed by atoms with Crippen LogP contribution in [0.2, 0.25) is 0 Å². The fraction of sp³-hybridized carbons (Fsp3) is 0.154.